The van der Waals surface area contributed by atoms with Gasteiger partial charge in [0, 0.05) is 31.7 Å². The summed E-state index contributed by atoms with van der Waals surface area (Å²) in [7, 11) is -1.96. The zero-order chi connectivity index (χ0) is 29.7. The molecular formula is C24H22F5N7O3S2. The number of halogens is 5. The lowest BCUT2D eigenvalue weighted by atomic mass is 10.1. The molecule has 4 aromatic rings. The molecule has 1 aliphatic heterocycles. The highest BCUT2D eigenvalue weighted by Gasteiger charge is 2.32. The highest BCUT2D eigenvalue weighted by atomic mass is 32.2. The number of carbonyl (C=O) groups is 1. The molecule has 0 bridgehead atoms. The second kappa shape index (κ2) is 10.7. The number of carbonyl (C=O) groups excluding carboxylic acids is 1. The number of sulfonamides is 1. The van der Waals surface area contributed by atoms with Gasteiger partial charge in [0.2, 0.25) is 0 Å². The summed E-state index contributed by atoms with van der Waals surface area (Å²) < 4.78 is 95.1. The second-order valence-corrected chi connectivity index (χ2v) is 12.4. The van der Waals surface area contributed by atoms with Crippen molar-refractivity contribution in [1.82, 2.24) is 28.8 Å². The summed E-state index contributed by atoms with van der Waals surface area (Å²) in [5.41, 5.74) is -1.84. The van der Waals surface area contributed by atoms with Crippen molar-refractivity contribution in [1.29, 1.82) is 0 Å². The number of aryl methyl sites for hydroxylation is 1. The quantitative estimate of drug-likeness (QED) is 0.322. The van der Waals surface area contributed by atoms with E-state index in [0.29, 0.717) is 26.2 Å². The van der Waals surface area contributed by atoms with Crippen molar-refractivity contribution in [2.75, 3.05) is 38.5 Å². The van der Waals surface area contributed by atoms with Crippen LogP contribution in [0.15, 0.2) is 40.7 Å². The lowest BCUT2D eigenvalue weighted by Crippen LogP contribution is -2.46. The van der Waals surface area contributed by atoms with Gasteiger partial charge in [-0.25, -0.2) is 31.7 Å². The molecule has 0 atom stereocenters. The number of anilines is 1. The van der Waals surface area contributed by atoms with Gasteiger partial charge in [-0.15, -0.1) is 0 Å². The normalized spacial score (nSPS) is 15.6. The fraction of sp³-hybridized carbons (Fsp3) is 0.333. The Morgan fingerprint density at radius 3 is 2.34 bits per heavy atom. The summed E-state index contributed by atoms with van der Waals surface area (Å²) in [5, 5.41) is 6.30. The van der Waals surface area contributed by atoms with Gasteiger partial charge in [0.15, 0.2) is 15.0 Å². The van der Waals surface area contributed by atoms with E-state index in [1.54, 1.807) is 0 Å². The number of likely N-dealkylation sites (N-methyl/N-ethyl adjacent to an activating group) is 1. The number of aromatic nitrogens is 4. The maximum atomic E-state index is 13.9. The predicted octanol–water partition coefficient (Wildman–Crippen LogP) is 4.31. The van der Waals surface area contributed by atoms with E-state index in [4.69, 9.17) is 0 Å². The Morgan fingerprint density at radius 1 is 1.07 bits per heavy atom. The molecule has 0 radical (unpaired) electrons. The molecule has 1 aliphatic rings. The Morgan fingerprint density at radius 2 is 1.73 bits per heavy atom. The number of nitrogens with zero attached hydrogens (tertiary/aromatic N) is 6. The van der Waals surface area contributed by atoms with Crippen LogP contribution in [0.2, 0.25) is 0 Å². The molecule has 0 aliphatic carbocycles. The molecule has 17 heteroatoms. The van der Waals surface area contributed by atoms with Crippen LogP contribution >= 0.6 is 11.3 Å². The first-order chi connectivity index (χ1) is 19.3. The van der Waals surface area contributed by atoms with E-state index in [9.17, 15) is 35.2 Å². The Bertz CT molecular complexity index is 1710. The number of hydrogen-bond donors (Lipinski definition) is 1. The van der Waals surface area contributed by atoms with Crippen LogP contribution in [-0.4, -0.2) is 76.3 Å². The highest BCUT2D eigenvalue weighted by molar-refractivity contribution is 7.91. The Hall–Kier alpha value is -3.54. The van der Waals surface area contributed by atoms with Crippen LogP contribution in [0.4, 0.5) is 27.1 Å². The molecule has 218 valence electrons. The molecule has 0 unspecified atom stereocenters. The van der Waals surface area contributed by atoms with Gasteiger partial charge in [-0.3, -0.25) is 10.1 Å². The van der Waals surface area contributed by atoms with Crippen LogP contribution in [0.25, 0.3) is 16.9 Å². The van der Waals surface area contributed by atoms with Gasteiger partial charge in [-0.05, 0) is 32.2 Å². The highest BCUT2D eigenvalue weighted by Crippen LogP contribution is 2.33. The smallest absolute Gasteiger partial charge is 0.304 e. The van der Waals surface area contributed by atoms with E-state index < -0.39 is 39.8 Å². The minimum Gasteiger partial charge on any atom is -0.304 e. The van der Waals surface area contributed by atoms with Crippen LogP contribution in [-0.2, 0) is 16.2 Å². The monoisotopic (exact) mass is 615 g/mol. The summed E-state index contributed by atoms with van der Waals surface area (Å²) in [5.74, 6) is -0.838. The molecule has 1 aromatic carbocycles. The first-order valence-electron chi connectivity index (χ1n) is 12.1. The molecule has 41 heavy (non-hydrogen) atoms. The van der Waals surface area contributed by atoms with Crippen molar-refractivity contribution in [2.24, 2.45) is 0 Å². The van der Waals surface area contributed by atoms with Crippen molar-refractivity contribution in [3.05, 3.63) is 59.0 Å². The third-order valence-electron chi connectivity index (χ3n) is 6.49. The van der Waals surface area contributed by atoms with Gasteiger partial charge in [-0.1, -0.05) is 23.5 Å². The molecule has 0 spiro atoms. The van der Waals surface area contributed by atoms with Crippen molar-refractivity contribution < 1.29 is 35.2 Å². The van der Waals surface area contributed by atoms with Crippen molar-refractivity contribution >= 4 is 38.0 Å². The number of rotatable bonds is 6. The fourth-order valence-corrected chi connectivity index (χ4v) is 7.23. The number of nitrogens with one attached hydrogen (secondary N) is 1. The van der Waals surface area contributed by atoms with E-state index >= 15 is 0 Å². The number of fused-ring (bicyclic) bond motifs is 1. The molecule has 10 nitrogen and oxygen atoms in total. The minimum atomic E-state index is -4.58. The van der Waals surface area contributed by atoms with Crippen LogP contribution in [0.1, 0.15) is 33.7 Å². The van der Waals surface area contributed by atoms with E-state index in [1.165, 1.54) is 11.2 Å². The Balaban J connectivity index is 1.46. The van der Waals surface area contributed by atoms with Gasteiger partial charge in [0.05, 0.1) is 23.1 Å². The summed E-state index contributed by atoms with van der Waals surface area (Å²) in [6.07, 6.45) is -6.62. The topological polar surface area (TPSA) is 113 Å². The number of alkyl halides is 5. The van der Waals surface area contributed by atoms with Crippen molar-refractivity contribution in [3.63, 3.8) is 0 Å². The molecule has 1 N–H and O–H groups in total. The average Bonchev–Trinajstić information content (AvgIpc) is 3.51. The number of amides is 1. The minimum absolute atomic E-state index is 0.0279. The summed E-state index contributed by atoms with van der Waals surface area (Å²) in [6, 6.07) is 4.76. The van der Waals surface area contributed by atoms with E-state index in [1.807, 2.05) is 11.9 Å². The van der Waals surface area contributed by atoms with Gasteiger partial charge in [0.25, 0.3) is 22.4 Å². The third-order valence-corrected chi connectivity index (χ3v) is 10.0. The summed E-state index contributed by atoms with van der Waals surface area (Å²) in [4.78, 5) is 23.6. The Labute approximate surface area is 234 Å². The largest absolute Gasteiger partial charge is 0.416 e. The summed E-state index contributed by atoms with van der Waals surface area (Å²) in [6.45, 7) is 3.24. The zero-order valence-corrected chi connectivity index (χ0v) is 23.1. The number of benzene rings is 1. The average molecular weight is 616 g/mol. The van der Waals surface area contributed by atoms with E-state index in [-0.39, 0.29) is 37.5 Å². The molecular weight excluding hydrogens is 593 g/mol. The van der Waals surface area contributed by atoms with Gasteiger partial charge < -0.3 is 4.90 Å². The predicted molar refractivity (Wildman–Crippen MR) is 139 cm³/mol. The van der Waals surface area contributed by atoms with Gasteiger partial charge >= 0.3 is 6.18 Å². The number of piperazine rings is 1. The zero-order valence-electron chi connectivity index (χ0n) is 21.5. The van der Waals surface area contributed by atoms with E-state index in [0.717, 1.165) is 52.4 Å². The molecule has 3 aromatic heterocycles. The second-order valence-electron chi connectivity index (χ2n) is 9.29. The summed E-state index contributed by atoms with van der Waals surface area (Å²) >= 11 is 0.757. The maximum Gasteiger partial charge on any atom is 0.416 e. The fourth-order valence-electron chi connectivity index (χ4n) is 4.26. The lowest BCUT2D eigenvalue weighted by Gasteiger charge is -2.31. The molecule has 1 fully saturated rings. The molecule has 4 heterocycles. The number of thiazole rings is 1. The third kappa shape index (κ3) is 5.66. The Kier molecular flexibility index (Phi) is 7.56. The van der Waals surface area contributed by atoms with Crippen LogP contribution in [0.5, 0.6) is 0 Å². The first kappa shape index (κ1) is 29.0. The van der Waals surface area contributed by atoms with Crippen LogP contribution < -0.4 is 5.32 Å². The van der Waals surface area contributed by atoms with Crippen LogP contribution in [0.3, 0.4) is 0 Å². The van der Waals surface area contributed by atoms with Gasteiger partial charge in [-0.2, -0.15) is 22.6 Å². The lowest BCUT2D eigenvalue weighted by molar-refractivity contribution is -0.137. The standard InChI is InChI=1S/C24H22F5N7O3S2/c1-13-22(41(38,39)35-9-7-34(2)8-10-35)40-23(31-13)33-21(37)16-12-30-36-18(19(25)26)11-17(32-20(16)36)14-3-5-15(6-4-14)24(27,28)29/h3-6,11-12,19H,7-10H2,1-2H3,(H,31,33,37). The SMILES string of the molecule is Cc1nc(NC(=O)c2cnn3c(C(F)F)cc(-c4ccc(C(F)(F)F)cc4)nc23)sc1S(=O)(=O)N1CCN(C)CC1. The maximum absolute atomic E-state index is 13.9. The van der Waals surface area contributed by atoms with Crippen LogP contribution in [0, 0.1) is 6.92 Å². The first-order valence-corrected chi connectivity index (χ1v) is 14.3. The molecule has 1 saturated heterocycles. The van der Waals surface area contributed by atoms with Crippen molar-refractivity contribution in [2.45, 2.75) is 23.7 Å². The number of hydrogen-bond acceptors (Lipinski definition) is 8. The van der Waals surface area contributed by atoms with Crippen molar-refractivity contribution in [3.8, 4) is 11.3 Å². The van der Waals surface area contributed by atoms with E-state index in [2.05, 4.69) is 20.4 Å². The van der Waals surface area contributed by atoms with Gasteiger partial charge in [0.1, 0.15) is 11.3 Å². The molecule has 0 saturated carbocycles. The molecule has 1 amide bonds. The molecule has 5 rings (SSSR count).